The maximum atomic E-state index is 11.8. The Balaban J connectivity index is 2.19. The molecular weight excluding hydrogens is 240 g/mol. The molecule has 8 nitrogen and oxygen atoms in total. The van der Waals surface area contributed by atoms with Crippen LogP contribution in [0.3, 0.4) is 0 Å². The number of nitrogens with two attached hydrogens (primary N) is 2. The second-order valence-corrected chi connectivity index (χ2v) is 4.49. The Morgan fingerprint density at radius 2 is 2.17 bits per heavy atom. The van der Waals surface area contributed by atoms with Crippen LogP contribution in [0.25, 0.3) is 0 Å². The average Bonchev–Trinajstić information content (AvgIpc) is 2.61. The number of ether oxygens (including phenoxy) is 1. The lowest BCUT2D eigenvalue weighted by molar-refractivity contribution is -0.0524. The zero-order chi connectivity index (χ0) is 13.4. The van der Waals surface area contributed by atoms with Crippen molar-refractivity contribution >= 4 is 6.03 Å². The Morgan fingerprint density at radius 3 is 2.72 bits per heavy atom. The van der Waals surface area contributed by atoms with Crippen LogP contribution in [0.4, 0.5) is 4.79 Å². The molecule has 0 saturated carbocycles. The molecule has 18 heavy (non-hydrogen) atoms. The van der Waals surface area contributed by atoms with Gasteiger partial charge in [0.15, 0.2) is 6.23 Å². The van der Waals surface area contributed by atoms with Crippen LogP contribution in [0.5, 0.6) is 0 Å². The SMILES string of the molecule is CC1=CN(C2OC(CN)C(O)C2O)C(=O)NC1N. The van der Waals surface area contributed by atoms with E-state index in [1.807, 2.05) is 0 Å². The van der Waals surface area contributed by atoms with Crippen LogP contribution < -0.4 is 16.8 Å². The minimum Gasteiger partial charge on any atom is -0.387 e. The van der Waals surface area contributed by atoms with E-state index in [0.717, 1.165) is 5.57 Å². The first-order valence-electron chi connectivity index (χ1n) is 5.70. The molecule has 1 fully saturated rings. The van der Waals surface area contributed by atoms with Crippen LogP contribution in [-0.4, -0.2) is 58.4 Å². The van der Waals surface area contributed by atoms with Crippen LogP contribution in [0.15, 0.2) is 11.8 Å². The third kappa shape index (κ3) is 2.08. The maximum Gasteiger partial charge on any atom is 0.325 e. The highest BCUT2D eigenvalue weighted by Gasteiger charge is 2.46. The van der Waals surface area contributed by atoms with E-state index >= 15 is 0 Å². The summed E-state index contributed by atoms with van der Waals surface area (Å²) in [4.78, 5) is 13.0. The van der Waals surface area contributed by atoms with Crippen molar-refractivity contribution in [3.05, 3.63) is 11.8 Å². The largest absolute Gasteiger partial charge is 0.387 e. The summed E-state index contributed by atoms with van der Waals surface area (Å²) in [6.07, 6.45) is -3.02. The number of amides is 2. The quantitative estimate of drug-likeness (QED) is 0.375. The minimum atomic E-state index is -1.21. The molecule has 0 aromatic rings. The average molecular weight is 258 g/mol. The summed E-state index contributed by atoms with van der Waals surface area (Å²) < 4.78 is 5.38. The van der Waals surface area contributed by atoms with E-state index in [1.165, 1.54) is 11.1 Å². The van der Waals surface area contributed by atoms with E-state index in [-0.39, 0.29) is 6.54 Å². The Kier molecular flexibility index (Phi) is 3.55. The zero-order valence-electron chi connectivity index (χ0n) is 9.98. The molecular formula is C10H18N4O4. The van der Waals surface area contributed by atoms with Gasteiger partial charge in [-0.2, -0.15) is 0 Å². The van der Waals surface area contributed by atoms with Crippen molar-refractivity contribution in [3.63, 3.8) is 0 Å². The Labute approximate surface area is 104 Å². The number of nitrogens with zero attached hydrogens (tertiary/aromatic N) is 1. The lowest BCUT2D eigenvalue weighted by Crippen LogP contribution is -2.56. The highest BCUT2D eigenvalue weighted by molar-refractivity contribution is 5.77. The van der Waals surface area contributed by atoms with E-state index in [9.17, 15) is 15.0 Å². The van der Waals surface area contributed by atoms with E-state index in [4.69, 9.17) is 16.2 Å². The summed E-state index contributed by atoms with van der Waals surface area (Å²) in [5, 5.41) is 22.1. The standard InChI is InChI=1S/C10H18N4O4/c1-4-3-14(10(17)13-8(4)12)9-7(16)6(15)5(2-11)18-9/h3,5-9,15-16H,2,11-12H2,1H3,(H,13,17). The number of nitrogens with one attached hydrogen (secondary N) is 1. The third-order valence-electron chi connectivity index (χ3n) is 3.19. The molecule has 2 heterocycles. The fraction of sp³-hybridized carbons (Fsp3) is 0.700. The maximum absolute atomic E-state index is 11.8. The predicted octanol–water partition coefficient (Wildman–Crippen LogP) is -2.39. The molecule has 0 aromatic carbocycles. The van der Waals surface area contributed by atoms with Crippen LogP contribution in [-0.2, 0) is 4.74 Å². The summed E-state index contributed by atoms with van der Waals surface area (Å²) in [7, 11) is 0. The van der Waals surface area contributed by atoms with Gasteiger partial charge in [-0.3, -0.25) is 4.90 Å². The molecule has 7 N–H and O–H groups in total. The van der Waals surface area contributed by atoms with Crippen LogP contribution >= 0.6 is 0 Å². The molecule has 2 aliphatic heterocycles. The second kappa shape index (κ2) is 4.82. The smallest absolute Gasteiger partial charge is 0.325 e. The number of aliphatic hydroxyl groups excluding tert-OH is 2. The molecule has 0 radical (unpaired) electrons. The number of carbonyl (C=O) groups excluding carboxylic acids is 1. The molecule has 1 saturated heterocycles. The van der Waals surface area contributed by atoms with Gasteiger partial charge < -0.3 is 31.7 Å². The highest BCUT2D eigenvalue weighted by Crippen LogP contribution is 2.25. The Morgan fingerprint density at radius 1 is 1.50 bits per heavy atom. The van der Waals surface area contributed by atoms with E-state index in [0.29, 0.717) is 0 Å². The molecule has 0 aliphatic carbocycles. The number of hydrogen-bond donors (Lipinski definition) is 5. The first-order chi connectivity index (χ1) is 8.45. The molecule has 5 unspecified atom stereocenters. The van der Waals surface area contributed by atoms with Gasteiger partial charge in [-0.25, -0.2) is 4.79 Å². The van der Waals surface area contributed by atoms with Crippen molar-refractivity contribution in [3.8, 4) is 0 Å². The normalized spacial score (nSPS) is 40.7. The summed E-state index contributed by atoms with van der Waals surface area (Å²) in [5.74, 6) is 0. The summed E-state index contributed by atoms with van der Waals surface area (Å²) in [6.45, 7) is 1.81. The van der Waals surface area contributed by atoms with Gasteiger partial charge in [-0.05, 0) is 12.5 Å². The van der Waals surface area contributed by atoms with Crippen molar-refractivity contribution in [1.82, 2.24) is 10.2 Å². The van der Waals surface area contributed by atoms with Gasteiger partial charge in [0.1, 0.15) is 24.5 Å². The topological polar surface area (TPSA) is 134 Å². The number of carbonyl (C=O) groups is 1. The summed E-state index contributed by atoms with van der Waals surface area (Å²) in [5.41, 5.74) is 11.8. The van der Waals surface area contributed by atoms with Gasteiger partial charge in [0.2, 0.25) is 0 Å². The lowest BCUT2D eigenvalue weighted by Gasteiger charge is -2.33. The fourth-order valence-electron chi connectivity index (χ4n) is 2.02. The number of urea groups is 1. The van der Waals surface area contributed by atoms with Gasteiger partial charge >= 0.3 is 6.03 Å². The zero-order valence-corrected chi connectivity index (χ0v) is 9.98. The van der Waals surface area contributed by atoms with Crippen LogP contribution in [0.2, 0.25) is 0 Å². The molecule has 2 rings (SSSR count). The van der Waals surface area contributed by atoms with Gasteiger partial charge in [-0.15, -0.1) is 0 Å². The van der Waals surface area contributed by atoms with Gasteiger partial charge in [0.25, 0.3) is 0 Å². The number of hydrogen-bond acceptors (Lipinski definition) is 6. The first kappa shape index (κ1) is 13.2. The van der Waals surface area contributed by atoms with Crippen molar-refractivity contribution in [2.24, 2.45) is 11.5 Å². The monoisotopic (exact) mass is 258 g/mol. The molecule has 5 atom stereocenters. The molecule has 0 aromatic heterocycles. The fourth-order valence-corrected chi connectivity index (χ4v) is 2.02. The van der Waals surface area contributed by atoms with Crippen molar-refractivity contribution in [2.45, 2.75) is 37.6 Å². The second-order valence-electron chi connectivity index (χ2n) is 4.49. The molecule has 2 aliphatic rings. The number of aliphatic hydroxyl groups is 2. The Hall–Kier alpha value is -1.19. The summed E-state index contributed by atoms with van der Waals surface area (Å²) in [6, 6.07) is -0.484. The molecule has 2 amide bonds. The molecule has 0 spiro atoms. The van der Waals surface area contributed by atoms with Gasteiger partial charge in [0.05, 0.1) is 0 Å². The van der Waals surface area contributed by atoms with Gasteiger partial charge in [-0.1, -0.05) is 0 Å². The molecule has 102 valence electrons. The van der Waals surface area contributed by atoms with E-state index < -0.39 is 36.7 Å². The van der Waals surface area contributed by atoms with Crippen molar-refractivity contribution in [2.75, 3.05) is 6.54 Å². The molecule has 0 bridgehead atoms. The van der Waals surface area contributed by atoms with E-state index in [1.54, 1.807) is 6.92 Å². The van der Waals surface area contributed by atoms with E-state index in [2.05, 4.69) is 5.32 Å². The van der Waals surface area contributed by atoms with Crippen molar-refractivity contribution < 1.29 is 19.7 Å². The highest BCUT2D eigenvalue weighted by atomic mass is 16.6. The minimum absolute atomic E-state index is 0.0619. The summed E-state index contributed by atoms with van der Waals surface area (Å²) >= 11 is 0. The number of rotatable bonds is 2. The predicted molar refractivity (Wildman–Crippen MR) is 61.8 cm³/mol. The van der Waals surface area contributed by atoms with Gasteiger partial charge in [0, 0.05) is 12.7 Å². The van der Waals surface area contributed by atoms with Crippen LogP contribution in [0, 0.1) is 0 Å². The lowest BCUT2D eigenvalue weighted by atomic mass is 10.1. The van der Waals surface area contributed by atoms with Crippen molar-refractivity contribution in [1.29, 1.82) is 0 Å². The third-order valence-corrected chi connectivity index (χ3v) is 3.19. The molecule has 8 heteroatoms. The van der Waals surface area contributed by atoms with Crippen LogP contribution in [0.1, 0.15) is 6.92 Å². The Bertz CT molecular complexity index is 375. The first-order valence-corrected chi connectivity index (χ1v) is 5.70.